The smallest absolute Gasteiger partial charge is 0.264 e. The van der Waals surface area contributed by atoms with Crippen LogP contribution in [0.4, 0.5) is 5.69 Å². The summed E-state index contributed by atoms with van der Waals surface area (Å²) in [7, 11) is -4.09. The highest BCUT2D eigenvalue weighted by atomic mass is 35.5. The van der Waals surface area contributed by atoms with E-state index < -0.39 is 28.5 Å². The van der Waals surface area contributed by atoms with Crippen molar-refractivity contribution in [3.8, 4) is 0 Å². The lowest BCUT2D eigenvalue weighted by Crippen LogP contribution is -2.52. The van der Waals surface area contributed by atoms with Crippen LogP contribution in [0.5, 0.6) is 0 Å². The number of aryl methyl sites for hydroxylation is 2. The highest BCUT2D eigenvalue weighted by molar-refractivity contribution is 7.92. The summed E-state index contributed by atoms with van der Waals surface area (Å²) in [6.07, 6.45) is 0. The summed E-state index contributed by atoms with van der Waals surface area (Å²) >= 11 is 6.03. The fourth-order valence-electron chi connectivity index (χ4n) is 4.12. The molecule has 0 bridgehead atoms. The van der Waals surface area contributed by atoms with Gasteiger partial charge < -0.3 is 10.2 Å². The molecule has 0 unspecified atom stereocenters. The van der Waals surface area contributed by atoms with Crippen LogP contribution in [-0.4, -0.2) is 43.8 Å². The molecule has 3 rings (SSSR count). The summed E-state index contributed by atoms with van der Waals surface area (Å²) < 4.78 is 28.8. The summed E-state index contributed by atoms with van der Waals surface area (Å²) in [5.41, 5.74) is 2.87. The first-order chi connectivity index (χ1) is 17.9. The average molecular weight is 556 g/mol. The van der Waals surface area contributed by atoms with E-state index in [2.05, 4.69) is 5.32 Å². The third-order valence-corrected chi connectivity index (χ3v) is 8.01. The molecule has 0 radical (unpaired) electrons. The topological polar surface area (TPSA) is 86.8 Å². The lowest BCUT2D eigenvalue weighted by Gasteiger charge is -2.32. The van der Waals surface area contributed by atoms with Crippen LogP contribution < -0.4 is 9.62 Å². The Morgan fingerprint density at radius 3 is 2.03 bits per heavy atom. The van der Waals surface area contributed by atoms with E-state index >= 15 is 0 Å². The second kappa shape index (κ2) is 12.5. The van der Waals surface area contributed by atoms with Gasteiger partial charge in [-0.05, 0) is 87.7 Å². The molecular weight excluding hydrogens is 522 g/mol. The molecule has 7 nitrogen and oxygen atoms in total. The Kier molecular flexibility index (Phi) is 9.57. The second-order valence-electron chi connectivity index (χ2n) is 9.66. The molecule has 0 aliphatic heterocycles. The number of amides is 2. The third kappa shape index (κ3) is 7.36. The van der Waals surface area contributed by atoms with Crippen molar-refractivity contribution in [2.24, 2.45) is 0 Å². The SMILES string of the molecule is Cc1cc(C)cc(N(CC(=O)N(Cc2ccc(Cl)cc2)[C@@H](C)C(=O)NC(C)C)S(=O)(=O)c2ccccc2)c1. The number of hydrogen-bond acceptors (Lipinski definition) is 4. The van der Waals surface area contributed by atoms with Crippen LogP contribution in [-0.2, 0) is 26.2 Å². The van der Waals surface area contributed by atoms with Gasteiger partial charge in [0.25, 0.3) is 10.0 Å². The average Bonchev–Trinajstić information content (AvgIpc) is 2.85. The number of carbonyl (C=O) groups is 2. The predicted molar refractivity (Wildman–Crippen MR) is 152 cm³/mol. The minimum atomic E-state index is -4.09. The molecule has 0 aromatic heterocycles. The van der Waals surface area contributed by atoms with E-state index in [1.807, 2.05) is 33.8 Å². The van der Waals surface area contributed by atoms with E-state index in [0.717, 1.165) is 21.0 Å². The molecule has 38 heavy (non-hydrogen) atoms. The van der Waals surface area contributed by atoms with Crippen molar-refractivity contribution >= 4 is 39.1 Å². The van der Waals surface area contributed by atoms with Crippen molar-refractivity contribution in [3.63, 3.8) is 0 Å². The number of nitrogens with zero attached hydrogens (tertiary/aromatic N) is 2. The predicted octanol–water partition coefficient (Wildman–Crippen LogP) is 5.09. The van der Waals surface area contributed by atoms with Crippen molar-refractivity contribution in [3.05, 3.63) is 94.5 Å². The molecule has 0 fully saturated rings. The van der Waals surface area contributed by atoms with Crippen LogP contribution in [0, 0.1) is 13.8 Å². The zero-order valence-corrected chi connectivity index (χ0v) is 23.9. The number of sulfonamides is 1. The quantitative estimate of drug-likeness (QED) is 0.377. The molecule has 3 aromatic rings. The van der Waals surface area contributed by atoms with Gasteiger partial charge in [0.05, 0.1) is 10.6 Å². The van der Waals surface area contributed by atoms with Crippen LogP contribution in [0.1, 0.15) is 37.5 Å². The molecule has 0 spiro atoms. The summed E-state index contributed by atoms with van der Waals surface area (Å²) in [5, 5.41) is 3.39. The van der Waals surface area contributed by atoms with E-state index in [-0.39, 0.29) is 23.4 Å². The van der Waals surface area contributed by atoms with Gasteiger partial charge in [-0.25, -0.2) is 8.42 Å². The van der Waals surface area contributed by atoms with Crippen LogP contribution >= 0.6 is 11.6 Å². The van der Waals surface area contributed by atoms with Crippen LogP contribution in [0.15, 0.2) is 77.7 Å². The molecule has 0 saturated carbocycles. The molecule has 3 aromatic carbocycles. The molecule has 9 heteroatoms. The van der Waals surface area contributed by atoms with E-state index in [9.17, 15) is 18.0 Å². The number of hydrogen-bond donors (Lipinski definition) is 1. The zero-order valence-electron chi connectivity index (χ0n) is 22.3. The van der Waals surface area contributed by atoms with Gasteiger partial charge in [0.15, 0.2) is 0 Å². The van der Waals surface area contributed by atoms with E-state index in [0.29, 0.717) is 10.7 Å². The maximum atomic E-state index is 13.9. The van der Waals surface area contributed by atoms with Crippen molar-refractivity contribution in [1.29, 1.82) is 0 Å². The summed E-state index contributed by atoms with van der Waals surface area (Å²) in [6.45, 7) is 8.68. The van der Waals surface area contributed by atoms with Gasteiger partial charge in [-0.15, -0.1) is 0 Å². The highest BCUT2D eigenvalue weighted by Gasteiger charge is 2.32. The Morgan fingerprint density at radius 1 is 0.895 bits per heavy atom. The molecule has 0 heterocycles. The van der Waals surface area contributed by atoms with Gasteiger partial charge in [0.1, 0.15) is 12.6 Å². The maximum Gasteiger partial charge on any atom is 0.264 e. The summed E-state index contributed by atoms with van der Waals surface area (Å²) in [5.74, 6) is -0.837. The molecular formula is C29H34ClN3O4S. The Balaban J connectivity index is 2.05. The van der Waals surface area contributed by atoms with Crippen molar-refractivity contribution in [1.82, 2.24) is 10.2 Å². The largest absolute Gasteiger partial charge is 0.352 e. The van der Waals surface area contributed by atoms with Crippen molar-refractivity contribution < 1.29 is 18.0 Å². The minimum absolute atomic E-state index is 0.0711. The Labute approximate surface area is 230 Å². The van der Waals surface area contributed by atoms with Crippen LogP contribution in [0.2, 0.25) is 5.02 Å². The van der Waals surface area contributed by atoms with Crippen molar-refractivity contribution in [2.75, 3.05) is 10.8 Å². The second-order valence-corrected chi connectivity index (χ2v) is 12.0. The Bertz CT molecular complexity index is 1360. The lowest BCUT2D eigenvalue weighted by atomic mass is 10.1. The van der Waals surface area contributed by atoms with Gasteiger partial charge in [-0.2, -0.15) is 0 Å². The molecule has 202 valence electrons. The van der Waals surface area contributed by atoms with Gasteiger partial charge in [0, 0.05) is 17.6 Å². The normalized spacial score (nSPS) is 12.2. The molecule has 1 atom stereocenters. The molecule has 0 aliphatic carbocycles. The van der Waals surface area contributed by atoms with E-state index in [4.69, 9.17) is 11.6 Å². The monoisotopic (exact) mass is 555 g/mol. The maximum absolute atomic E-state index is 13.9. The first kappa shape index (κ1) is 29.2. The number of nitrogens with one attached hydrogen (secondary N) is 1. The molecule has 0 aliphatic rings. The van der Waals surface area contributed by atoms with E-state index in [1.165, 1.54) is 17.0 Å². The summed E-state index contributed by atoms with van der Waals surface area (Å²) in [6, 6.07) is 19.4. The minimum Gasteiger partial charge on any atom is -0.352 e. The Morgan fingerprint density at radius 2 is 1.47 bits per heavy atom. The van der Waals surface area contributed by atoms with Crippen LogP contribution in [0.3, 0.4) is 0 Å². The van der Waals surface area contributed by atoms with Crippen molar-refractivity contribution in [2.45, 2.75) is 58.1 Å². The fourth-order valence-corrected chi connectivity index (χ4v) is 5.66. The van der Waals surface area contributed by atoms with Gasteiger partial charge in [-0.1, -0.05) is 48.0 Å². The molecule has 2 amide bonds. The standard InChI is InChI=1S/C29H34ClN3O4S/c1-20(2)31-29(35)23(5)32(18-24-11-13-25(30)14-12-24)28(34)19-33(26-16-21(3)15-22(4)17-26)38(36,37)27-9-7-6-8-10-27/h6-17,20,23H,18-19H2,1-5H3,(H,31,35)/t23-/m0/s1. The van der Waals surface area contributed by atoms with Gasteiger partial charge in [-0.3, -0.25) is 13.9 Å². The van der Waals surface area contributed by atoms with E-state index in [1.54, 1.807) is 61.5 Å². The highest BCUT2D eigenvalue weighted by Crippen LogP contribution is 2.26. The van der Waals surface area contributed by atoms with Gasteiger partial charge >= 0.3 is 0 Å². The molecule has 1 N–H and O–H groups in total. The first-order valence-corrected chi connectivity index (χ1v) is 14.2. The van der Waals surface area contributed by atoms with Crippen LogP contribution in [0.25, 0.3) is 0 Å². The Hall–Kier alpha value is -3.36. The summed E-state index contributed by atoms with van der Waals surface area (Å²) in [4.78, 5) is 28.3. The number of benzene rings is 3. The number of anilines is 1. The zero-order chi connectivity index (χ0) is 28.0. The first-order valence-electron chi connectivity index (χ1n) is 12.4. The lowest BCUT2D eigenvalue weighted by molar-refractivity contribution is -0.139. The fraction of sp³-hybridized carbons (Fsp3) is 0.310. The molecule has 0 saturated heterocycles. The number of rotatable bonds is 10. The third-order valence-electron chi connectivity index (χ3n) is 5.97. The number of carbonyl (C=O) groups excluding carboxylic acids is 2. The number of halogens is 1. The van der Waals surface area contributed by atoms with Gasteiger partial charge in [0.2, 0.25) is 11.8 Å².